The van der Waals surface area contributed by atoms with E-state index in [0.29, 0.717) is 10.8 Å². The van der Waals surface area contributed by atoms with Gasteiger partial charge < -0.3 is 0 Å². The minimum atomic E-state index is -0.602. The highest BCUT2D eigenvalue weighted by Gasteiger charge is 2.10. The molecule has 0 atom stereocenters. The Labute approximate surface area is 78.9 Å². The van der Waals surface area contributed by atoms with Crippen molar-refractivity contribution < 1.29 is 9.31 Å². The number of hydrogen-bond donors (Lipinski definition) is 0. The molecular formula is C10H6FNO2. The molecule has 70 valence electrons. The Kier molecular flexibility index (Phi) is 1.89. The highest BCUT2D eigenvalue weighted by molar-refractivity contribution is 5.85. The number of nitro groups is 1. The topological polar surface area (TPSA) is 43.1 Å². The molecule has 0 bridgehead atoms. The van der Waals surface area contributed by atoms with E-state index in [9.17, 15) is 14.5 Å². The molecule has 2 aromatic carbocycles. The average molecular weight is 191 g/mol. The van der Waals surface area contributed by atoms with Crippen molar-refractivity contribution in [2.45, 2.75) is 0 Å². The second-order valence-electron chi connectivity index (χ2n) is 2.91. The maximum atomic E-state index is 13.3. The van der Waals surface area contributed by atoms with Gasteiger partial charge in [-0.05, 0) is 5.39 Å². The van der Waals surface area contributed by atoms with Crippen LogP contribution < -0.4 is 0 Å². The molecule has 3 nitrogen and oxygen atoms in total. The molecule has 0 spiro atoms. The van der Waals surface area contributed by atoms with Gasteiger partial charge in [-0.1, -0.05) is 24.3 Å². The third-order valence-electron chi connectivity index (χ3n) is 2.01. The molecule has 0 aliphatic rings. The number of rotatable bonds is 1. The summed E-state index contributed by atoms with van der Waals surface area (Å²) in [6.45, 7) is 0. The standard InChI is InChI=1S/C10H6FNO2/c11-10-6-8(12(13)14)5-7-3-1-2-4-9(7)10/h1-6H. The van der Waals surface area contributed by atoms with Gasteiger partial charge in [0.05, 0.1) is 11.0 Å². The Morgan fingerprint density at radius 1 is 1.21 bits per heavy atom. The van der Waals surface area contributed by atoms with Gasteiger partial charge in [-0.2, -0.15) is 0 Å². The van der Waals surface area contributed by atoms with E-state index in [1.54, 1.807) is 24.3 Å². The van der Waals surface area contributed by atoms with Crippen LogP contribution in [0.3, 0.4) is 0 Å². The normalized spacial score (nSPS) is 10.4. The first kappa shape index (κ1) is 8.62. The van der Waals surface area contributed by atoms with Crippen LogP contribution in [-0.2, 0) is 0 Å². The molecule has 0 radical (unpaired) electrons. The number of halogens is 1. The van der Waals surface area contributed by atoms with E-state index in [0.717, 1.165) is 6.07 Å². The van der Waals surface area contributed by atoms with Gasteiger partial charge in [-0.3, -0.25) is 10.1 Å². The molecule has 2 rings (SSSR count). The van der Waals surface area contributed by atoms with Gasteiger partial charge in [-0.25, -0.2) is 4.39 Å². The fourth-order valence-electron chi connectivity index (χ4n) is 1.35. The smallest absolute Gasteiger partial charge is 0.258 e. The van der Waals surface area contributed by atoms with E-state index in [4.69, 9.17) is 0 Å². The van der Waals surface area contributed by atoms with Gasteiger partial charge in [0.15, 0.2) is 0 Å². The van der Waals surface area contributed by atoms with E-state index in [2.05, 4.69) is 0 Å². The third kappa shape index (κ3) is 1.31. The van der Waals surface area contributed by atoms with E-state index < -0.39 is 10.7 Å². The molecule has 0 unspecified atom stereocenters. The van der Waals surface area contributed by atoms with Crippen LogP contribution in [0.25, 0.3) is 10.8 Å². The van der Waals surface area contributed by atoms with Gasteiger partial charge in [0, 0.05) is 11.5 Å². The van der Waals surface area contributed by atoms with Crippen molar-refractivity contribution in [1.82, 2.24) is 0 Å². The van der Waals surface area contributed by atoms with Crippen LogP contribution in [-0.4, -0.2) is 4.92 Å². The van der Waals surface area contributed by atoms with Gasteiger partial charge in [0.2, 0.25) is 0 Å². The van der Waals surface area contributed by atoms with Crippen molar-refractivity contribution >= 4 is 16.5 Å². The molecule has 0 heterocycles. The van der Waals surface area contributed by atoms with Crippen LogP contribution >= 0.6 is 0 Å². The van der Waals surface area contributed by atoms with Crippen LogP contribution in [0, 0.1) is 15.9 Å². The Morgan fingerprint density at radius 3 is 2.64 bits per heavy atom. The summed E-state index contributed by atoms with van der Waals surface area (Å²) >= 11 is 0. The number of hydrogen-bond acceptors (Lipinski definition) is 2. The molecule has 0 aromatic heterocycles. The van der Waals surface area contributed by atoms with E-state index >= 15 is 0 Å². The van der Waals surface area contributed by atoms with Gasteiger partial charge in [-0.15, -0.1) is 0 Å². The van der Waals surface area contributed by atoms with Gasteiger partial charge in [0.25, 0.3) is 5.69 Å². The summed E-state index contributed by atoms with van der Waals surface area (Å²) in [7, 11) is 0. The Morgan fingerprint density at radius 2 is 1.93 bits per heavy atom. The Balaban J connectivity index is 2.78. The summed E-state index contributed by atoms with van der Waals surface area (Å²) in [6, 6.07) is 8.93. The van der Waals surface area contributed by atoms with Gasteiger partial charge in [0.1, 0.15) is 5.82 Å². The predicted octanol–water partition coefficient (Wildman–Crippen LogP) is 2.89. The lowest BCUT2D eigenvalue weighted by Gasteiger charge is -1.98. The number of benzene rings is 2. The van der Waals surface area contributed by atoms with Crippen LogP contribution in [0.4, 0.5) is 10.1 Å². The van der Waals surface area contributed by atoms with E-state index in [-0.39, 0.29) is 5.69 Å². The lowest BCUT2D eigenvalue weighted by Crippen LogP contribution is -1.89. The summed E-state index contributed by atoms with van der Waals surface area (Å²) in [6.07, 6.45) is 0. The first-order chi connectivity index (χ1) is 6.68. The van der Waals surface area contributed by atoms with Crippen molar-refractivity contribution in [2.75, 3.05) is 0 Å². The predicted molar refractivity (Wildman–Crippen MR) is 50.6 cm³/mol. The Bertz CT molecular complexity index is 510. The summed E-state index contributed by atoms with van der Waals surface area (Å²) in [5, 5.41) is 11.4. The zero-order valence-corrected chi connectivity index (χ0v) is 7.11. The van der Waals surface area contributed by atoms with Crippen LogP contribution in [0.5, 0.6) is 0 Å². The molecule has 14 heavy (non-hydrogen) atoms. The molecule has 0 aliphatic heterocycles. The summed E-state index contributed by atoms with van der Waals surface area (Å²) in [4.78, 5) is 9.83. The second kappa shape index (κ2) is 3.06. The molecule has 0 N–H and O–H groups in total. The van der Waals surface area contributed by atoms with Crippen molar-refractivity contribution in [3.05, 3.63) is 52.3 Å². The third-order valence-corrected chi connectivity index (χ3v) is 2.01. The highest BCUT2D eigenvalue weighted by atomic mass is 19.1. The van der Waals surface area contributed by atoms with Crippen LogP contribution in [0.1, 0.15) is 0 Å². The molecule has 0 saturated heterocycles. The Hall–Kier alpha value is -1.97. The van der Waals surface area contributed by atoms with Gasteiger partial charge >= 0.3 is 0 Å². The van der Waals surface area contributed by atoms with Crippen LogP contribution in [0.15, 0.2) is 36.4 Å². The monoisotopic (exact) mass is 191 g/mol. The molecule has 0 saturated carbocycles. The zero-order chi connectivity index (χ0) is 10.1. The van der Waals surface area contributed by atoms with Crippen molar-refractivity contribution in [1.29, 1.82) is 0 Å². The molecule has 2 aromatic rings. The van der Waals surface area contributed by atoms with Crippen molar-refractivity contribution in [3.8, 4) is 0 Å². The minimum absolute atomic E-state index is 0.221. The van der Waals surface area contributed by atoms with Crippen LogP contribution in [0.2, 0.25) is 0 Å². The van der Waals surface area contributed by atoms with Crippen molar-refractivity contribution in [3.63, 3.8) is 0 Å². The maximum Gasteiger partial charge on any atom is 0.272 e. The quantitative estimate of drug-likeness (QED) is 0.513. The SMILES string of the molecule is O=[N+]([O-])c1cc(F)c2ccccc2c1. The second-order valence-corrected chi connectivity index (χ2v) is 2.91. The largest absolute Gasteiger partial charge is 0.272 e. The summed E-state index contributed by atoms with van der Waals surface area (Å²) in [5.74, 6) is -0.560. The average Bonchev–Trinajstić information content (AvgIpc) is 2.17. The number of nitrogens with zero attached hydrogens (tertiary/aromatic N) is 1. The summed E-state index contributed by atoms with van der Waals surface area (Å²) in [5.41, 5.74) is -0.221. The fraction of sp³-hybridized carbons (Fsp3) is 0. The zero-order valence-electron chi connectivity index (χ0n) is 7.11. The molecule has 0 amide bonds. The molecule has 4 heteroatoms. The first-order valence-corrected chi connectivity index (χ1v) is 4.01. The number of non-ortho nitro benzene ring substituents is 1. The number of fused-ring (bicyclic) bond motifs is 1. The van der Waals surface area contributed by atoms with Crippen molar-refractivity contribution in [2.24, 2.45) is 0 Å². The molecular weight excluding hydrogens is 185 g/mol. The molecule has 0 fully saturated rings. The summed E-state index contributed by atoms with van der Waals surface area (Å²) < 4.78 is 13.3. The minimum Gasteiger partial charge on any atom is -0.258 e. The first-order valence-electron chi connectivity index (χ1n) is 4.01. The number of nitro benzene ring substituents is 1. The lowest BCUT2D eigenvalue weighted by molar-refractivity contribution is -0.384. The highest BCUT2D eigenvalue weighted by Crippen LogP contribution is 2.23. The maximum absolute atomic E-state index is 13.3. The molecule has 0 aliphatic carbocycles. The van der Waals surface area contributed by atoms with E-state index in [1.165, 1.54) is 6.07 Å². The lowest BCUT2D eigenvalue weighted by atomic mass is 10.1. The fourth-order valence-corrected chi connectivity index (χ4v) is 1.35. The van der Waals surface area contributed by atoms with E-state index in [1.807, 2.05) is 0 Å².